The lowest BCUT2D eigenvalue weighted by atomic mass is 9.84. The fraction of sp³-hybridized carbons (Fsp3) is 0.533. The first-order chi connectivity index (χ1) is 8.85. The van der Waals surface area contributed by atoms with Crippen molar-refractivity contribution in [1.29, 1.82) is 0 Å². The van der Waals surface area contributed by atoms with Crippen LogP contribution in [0.1, 0.15) is 43.1 Å². The summed E-state index contributed by atoms with van der Waals surface area (Å²) in [7, 11) is 3.17. The van der Waals surface area contributed by atoms with Crippen LogP contribution in [0.25, 0.3) is 0 Å². The molecule has 0 saturated heterocycles. The first-order valence-corrected chi connectivity index (χ1v) is 6.35. The van der Waals surface area contributed by atoms with E-state index >= 15 is 0 Å². The Morgan fingerprint density at radius 1 is 1.21 bits per heavy atom. The third-order valence-electron chi connectivity index (χ3n) is 2.98. The lowest BCUT2D eigenvalue weighted by Gasteiger charge is -2.24. The minimum atomic E-state index is -0.141. The highest BCUT2D eigenvalue weighted by molar-refractivity contribution is 5.99. The van der Waals surface area contributed by atoms with Crippen LogP contribution in [0.5, 0.6) is 11.5 Å². The topological polar surface area (TPSA) is 61.5 Å². The number of hydrogen-bond donors (Lipinski definition) is 1. The lowest BCUT2D eigenvalue weighted by molar-refractivity contribution is 0.0982. The molecule has 1 rings (SSSR count). The van der Waals surface area contributed by atoms with Crippen LogP contribution in [0.4, 0.5) is 0 Å². The standard InChI is InChI=1S/C15H23NO3/c1-15(2,3)12-9-10(18-4)8-11(14(12)19-5)13(17)6-7-16/h8-9H,6-7,16H2,1-5H3. The van der Waals surface area contributed by atoms with Gasteiger partial charge in [-0.25, -0.2) is 0 Å². The van der Waals surface area contributed by atoms with Gasteiger partial charge in [-0.2, -0.15) is 0 Å². The first kappa shape index (κ1) is 15.5. The zero-order chi connectivity index (χ0) is 14.6. The molecular formula is C15H23NO3. The van der Waals surface area contributed by atoms with Gasteiger partial charge in [0.05, 0.1) is 19.8 Å². The van der Waals surface area contributed by atoms with E-state index in [9.17, 15) is 4.79 Å². The average molecular weight is 265 g/mol. The normalized spacial score (nSPS) is 11.3. The van der Waals surface area contributed by atoms with Gasteiger partial charge in [0.25, 0.3) is 0 Å². The molecule has 0 aliphatic carbocycles. The van der Waals surface area contributed by atoms with E-state index in [-0.39, 0.29) is 11.2 Å². The Morgan fingerprint density at radius 2 is 1.84 bits per heavy atom. The molecule has 0 aliphatic rings. The Morgan fingerprint density at radius 3 is 2.26 bits per heavy atom. The summed E-state index contributed by atoms with van der Waals surface area (Å²) in [6, 6.07) is 3.63. The molecule has 4 nitrogen and oxygen atoms in total. The van der Waals surface area contributed by atoms with Crippen molar-refractivity contribution in [1.82, 2.24) is 0 Å². The minimum absolute atomic E-state index is 0.0243. The van der Waals surface area contributed by atoms with Crippen molar-refractivity contribution >= 4 is 5.78 Å². The second-order valence-corrected chi connectivity index (χ2v) is 5.47. The zero-order valence-corrected chi connectivity index (χ0v) is 12.4. The number of ether oxygens (including phenoxy) is 2. The number of rotatable bonds is 5. The molecule has 0 heterocycles. The Labute approximate surface area is 114 Å². The lowest BCUT2D eigenvalue weighted by Crippen LogP contribution is -2.17. The van der Waals surface area contributed by atoms with Gasteiger partial charge in [0.1, 0.15) is 11.5 Å². The van der Waals surface area contributed by atoms with Crippen LogP contribution in [-0.2, 0) is 5.41 Å². The van der Waals surface area contributed by atoms with Crippen LogP contribution in [0, 0.1) is 0 Å². The van der Waals surface area contributed by atoms with E-state index < -0.39 is 0 Å². The van der Waals surface area contributed by atoms with E-state index in [1.165, 1.54) is 0 Å². The van der Waals surface area contributed by atoms with Gasteiger partial charge >= 0.3 is 0 Å². The zero-order valence-electron chi connectivity index (χ0n) is 12.4. The molecule has 0 spiro atoms. The molecular weight excluding hydrogens is 242 g/mol. The molecule has 4 heteroatoms. The van der Waals surface area contributed by atoms with Crippen LogP contribution in [-0.4, -0.2) is 26.5 Å². The molecule has 0 amide bonds. The predicted molar refractivity (Wildman–Crippen MR) is 76.2 cm³/mol. The molecule has 2 N–H and O–H groups in total. The number of methoxy groups -OCH3 is 2. The maximum atomic E-state index is 12.2. The summed E-state index contributed by atoms with van der Waals surface area (Å²) in [5.41, 5.74) is 6.81. The number of hydrogen-bond acceptors (Lipinski definition) is 4. The minimum Gasteiger partial charge on any atom is -0.497 e. The van der Waals surface area contributed by atoms with Crippen molar-refractivity contribution in [3.63, 3.8) is 0 Å². The summed E-state index contributed by atoms with van der Waals surface area (Å²) < 4.78 is 10.7. The predicted octanol–water partition coefficient (Wildman–Crippen LogP) is 2.53. The van der Waals surface area contributed by atoms with Crippen LogP contribution in [0.2, 0.25) is 0 Å². The van der Waals surface area contributed by atoms with Crippen molar-refractivity contribution in [3.05, 3.63) is 23.3 Å². The third-order valence-corrected chi connectivity index (χ3v) is 2.98. The van der Waals surface area contributed by atoms with E-state index in [0.29, 0.717) is 30.0 Å². The van der Waals surface area contributed by atoms with Crippen molar-refractivity contribution < 1.29 is 14.3 Å². The highest BCUT2D eigenvalue weighted by atomic mass is 16.5. The molecule has 1 aromatic carbocycles. The number of benzene rings is 1. The summed E-state index contributed by atoms with van der Waals surface area (Å²) >= 11 is 0. The summed E-state index contributed by atoms with van der Waals surface area (Å²) in [6.07, 6.45) is 0.299. The van der Waals surface area contributed by atoms with Gasteiger partial charge in [-0.15, -0.1) is 0 Å². The number of ketones is 1. The van der Waals surface area contributed by atoms with Gasteiger partial charge < -0.3 is 15.2 Å². The smallest absolute Gasteiger partial charge is 0.168 e. The largest absolute Gasteiger partial charge is 0.497 e. The Balaban J connectivity index is 3.48. The highest BCUT2D eigenvalue weighted by Gasteiger charge is 2.25. The number of Topliss-reactive ketones (excluding diaryl/α,β-unsaturated/α-hetero) is 1. The summed E-state index contributed by atoms with van der Waals surface area (Å²) in [5, 5.41) is 0. The molecule has 0 aliphatic heterocycles. The molecule has 0 saturated carbocycles. The van der Waals surface area contributed by atoms with Crippen LogP contribution in [0.3, 0.4) is 0 Å². The van der Waals surface area contributed by atoms with Crippen molar-refractivity contribution in [2.24, 2.45) is 5.73 Å². The van der Waals surface area contributed by atoms with Gasteiger partial charge in [-0.05, 0) is 24.1 Å². The maximum absolute atomic E-state index is 12.2. The van der Waals surface area contributed by atoms with E-state index in [1.54, 1.807) is 20.3 Å². The van der Waals surface area contributed by atoms with Crippen LogP contribution < -0.4 is 15.2 Å². The maximum Gasteiger partial charge on any atom is 0.168 e. The van der Waals surface area contributed by atoms with E-state index in [4.69, 9.17) is 15.2 Å². The van der Waals surface area contributed by atoms with Crippen molar-refractivity contribution in [2.75, 3.05) is 20.8 Å². The van der Waals surface area contributed by atoms with Crippen LogP contribution in [0.15, 0.2) is 12.1 Å². The van der Waals surface area contributed by atoms with Gasteiger partial charge in [0.15, 0.2) is 5.78 Å². The molecule has 0 aromatic heterocycles. The van der Waals surface area contributed by atoms with E-state index in [2.05, 4.69) is 20.8 Å². The molecule has 19 heavy (non-hydrogen) atoms. The Kier molecular flexibility index (Phi) is 4.95. The quantitative estimate of drug-likeness (QED) is 0.831. The molecule has 1 aromatic rings. The average Bonchev–Trinajstić information content (AvgIpc) is 2.36. The fourth-order valence-corrected chi connectivity index (χ4v) is 1.97. The van der Waals surface area contributed by atoms with Gasteiger partial charge in [-0.1, -0.05) is 20.8 Å². The molecule has 0 atom stereocenters. The fourth-order valence-electron chi connectivity index (χ4n) is 1.97. The highest BCUT2D eigenvalue weighted by Crippen LogP contribution is 2.37. The van der Waals surface area contributed by atoms with Crippen molar-refractivity contribution in [3.8, 4) is 11.5 Å². The summed E-state index contributed by atoms with van der Waals surface area (Å²) in [5.74, 6) is 1.25. The van der Waals surface area contributed by atoms with E-state index in [1.807, 2.05) is 6.07 Å². The molecule has 0 unspecified atom stereocenters. The Hall–Kier alpha value is -1.55. The third kappa shape index (κ3) is 3.47. The molecule has 106 valence electrons. The second-order valence-electron chi connectivity index (χ2n) is 5.47. The Bertz CT molecular complexity index is 461. The number of nitrogens with two attached hydrogens (primary N) is 1. The first-order valence-electron chi connectivity index (χ1n) is 6.35. The van der Waals surface area contributed by atoms with Crippen molar-refractivity contribution in [2.45, 2.75) is 32.6 Å². The SMILES string of the molecule is COc1cc(C(=O)CCN)c(OC)c(C(C)(C)C)c1. The van der Waals surface area contributed by atoms with Gasteiger partial charge in [0, 0.05) is 12.0 Å². The van der Waals surface area contributed by atoms with Crippen LogP contribution >= 0.6 is 0 Å². The number of carbonyl (C=O) groups is 1. The summed E-state index contributed by atoms with van der Waals surface area (Å²) in [6.45, 7) is 6.54. The van der Waals surface area contributed by atoms with Gasteiger partial charge in [-0.3, -0.25) is 4.79 Å². The summed E-state index contributed by atoms with van der Waals surface area (Å²) in [4.78, 5) is 12.2. The molecule has 0 fully saturated rings. The monoisotopic (exact) mass is 265 g/mol. The molecule has 0 bridgehead atoms. The molecule has 0 radical (unpaired) electrons. The second kappa shape index (κ2) is 6.06. The van der Waals surface area contributed by atoms with Gasteiger partial charge in [0.2, 0.25) is 0 Å². The van der Waals surface area contributed by atoms with E-state index in [0.717, 1.165) is 5.56 Å². The number of carbonyl (C=O) groups excluding carboxylic acids is 1.